The van der Waals surface area contributed by atoms with Gasteiger partial charge in [-0.2, -0.15) is 0 Å². The van der Waals surface area contributed by atoms with Crippen molar-refractivity contribution in [2.45, 2.75) is 46.6 Å². The molecule has 104 valence electrons. The third-order valence-electron chi connectivity index (χ3n) is 3.78. The number of nitrogens with zero attached hydrogens (tertiary/aromatic N) is 1. The first-order valence-corrected chi connectivity index (χ1v) is 6.90. The van der Waals surface area contributed by atoms with E-state index in [1.54, 1.807) is 12.1 Å². The van der Waals surface area contributed by atoms with Crippen LogP contribution in [0.4, 0.5) is 10.1 Å². The zero-order chi connectivity index (χ0) is 14.2. The molecule has 0 amide bonds. The maximum absolute atomic E-state index is 13.3. The molecule has 0 fully saturated rings. The van der Waals surface area contributed by atoms with Gasteiger partial charge in [-0.05, 0) is 43.5 Å². The van der Waals surface area contributed by atoms with Crippen molar-refractivity contribution in [1.82, 2.24) is 0 Å². The van der Waals surface area contributed by atoms with Gasteiger partial charge >= 0.3 is 0 Å². The van der Waals surface area contributed by atoms with E-state index in [0.29, 0.717) is 0 Å². The van der Waals surface area contributed by atoms with Gasteiger partial charge in [0.15, 0.2) is 5.78 Å². The third kappa shape index (κ3) is 2.80. The van der Waals surface area contributed by atoms with Crippen LogP contribution >= 0.6 is 0 Å². The molecule has 1 atom stereocenters. The summed E-state index contributed by atoms with van der Waals surface area (Å²) in [6, 6.07) is 4.71. The maximum atomic E-state index is 13.3. The highest BCUT2D eigenvalue weighted by Crippen LogP contribution is 2.31. The number of anilines is 1. The summed E-state index contributed by atoms with van der Waals surface area (Å²) in [7, 11) is 0. The van der Waals surface area contributed by atoms with Gasteiger partial charge < -0.3 is 4.90 Å². The molecule has 0 saturated carbocycles. The summed E-state index contributed by atoms with van der Waals surface area (Å²) >= 11 is 0. The minimum absolute atomic E-state index is 0.162. The minimum atomic E-state index is -0.350. The number of Topliss-reactive ketones (excluding diaryl/α,β-unsaturated/α-hetero) is 1. The fraction of sp³-hybridized carbons (Fsp3) is 0.562. The highest BCUT2D eigenvalue weighted by Gasteiger charge is 2.32. The second-order valence-electron chi connectivity index (χ2n) is 6.36. The Morgan fingerprint density at radius 1 is 1.37 bits per heavy atom. The fourth-order valence-electron chi connectivity index (χ4n) is 2.77. The van der Waals surface area contributed by atoms with Gasteiger partial charge in [0.25, 0.3) is 0 Å². The Bertz CT molecular complexity index is 490. The van der Waals surface area contributed by atoms with Crippen molar-refractivity contribution in [3.63, 3.8) is 0 Å². The van der Waals surface area contributed by atoms with Gasteiger partial charge in [-0.15, -0.1) is 0 Å². The topological polar surface area (TPSA) is 20.3 Å². The van der Waals surface area contributed by atoms with E-state index in [0.717, 1.165) is 30.6 Å². The summed E-state index contributed by atoms with van der Waals surface area (Å²) in [6.07, 6.45) is 1.86. The van der Waals surface area contributed by atoms with Crippen molar-refractivity contribution in [1.29, 1.82) is 0 Å². The number of carbonyl (C=O) groups is 1. The quantitative estimate of drug-likeness (QED) is 0.813. The SMILES string of the molecule is CC(C(=O)C(C)(C)C)N1CCCc2cc(F)ccc21. The van der Waals surface area contributed by atoms with Crippen molar-refractivity contribution in [3.8, 4) is 0 Å². The number of fused-ring (bicyclic) bond motifs is 1. The summed E-state index contributed by atoms with van der Waals surface area (Å²) in [5.41, 5.74) is 1.68. The Balaban J connectivity index is 2.31. The summed E-state index contributed by atoms with van der Waals surface area (Å²) in [6.45, 7) is 8.65. The number of rotatable bonds is 2. The largest absolute Gasteiger partial charge is 0.362 e. The molecule has 3 heteroatoms. The summed E-state index contributed by atoms with van der Waals surface area (Å²) in [4.78, 5) is 14.5. The van der Waals surface area contributed by atoms with Gasteiger partial charge in [0.05, 0.1) is 6.04 Å². The normalized spacial score (nSPS) is 17.0. The van der Waals surface area contributed by atoms with E-state index in [4.69, 9.17) is 0 Å². The lowest BCUT2D eigenvalue weighted by atomic mass is 9.85. The molecule has 0 aliphatic carbocycles. The van der Waals surface area contributed by atoms with Crippen molar-refractivity contribution in [2.75, 3.05) is 11.4 Å². The lowest BCUT2D eigenvalue weighted by molar-refractivity contribution is -0.127. The molecule has 0 radical (unpaired) electrons. The summed E-state index contributed by atoms with van der Waals surface area (Å²) < 4.78 is 13.3. The molecule has 1 heterocycles. The monoisotopic (exact) mass is 263 g/mol. The Kier molecular flexibility index (Phi) is 3.66. The Morgan fingerprint density at radius 2 is 2.05 bits per heavy atom. The Morgan fingerprint density at radius 3 is 2.68 bits per heavy atom. The van der Waals surface area contributed by atoms with E-state index in [1.807, 2.05) is 27.7 Å². The first-order chi connectivity index (χ1) is 8.80. The van der Waals surface area contributed by atoms with Crippen LogP contribution < -0.4 is 4.90 Å². The van der Waals surface area contributed by atoms with Crippen LogP contribution in [0, 0.1) is 11.2 Å². The highest BCUT2D eigenvalue weighted by atomic mass is 19.1. The number of hydrogen-bond acceptors (Lipinski definition) is 2. The van der Waals surface area contributed by atoms with Crippen molar-refractivity contribution in [2.24, 2.45) is 5.41 Å². The smallest absolute Gasteiger partial charge is 0.160 e. The summed E-state index contributed by atoms with van der Waals surface area (Å²) in [5, 5.41) is 0. The lowest BCUT2D eigenvalue weighted by Crippen LogP contribution is -2.46. The molecule has 0 aromatic heterocycles. The summed E-state index contributed by atoms with van der Waals surface area (Å²) in [5.74, 6) is 0.0278. The number of halogens is 1. The highest BCUT2D eigenvalue weighted by molar-refractivity contribution is 5.91. The molecule has 0 spiro atoms. The standard InChI is InChI=1S/C16H22FNO/c1-11(15(19)16(2,3)4)18-9-5-6-12-10-13(17)7-8-14(12)18/h7-8,10-11H,5-6,9H2,1-4H3. The van der Waals surface area contributed by atoms with E-state index in [9.17, 15) is 9.18 Å². The van der Waals surface area contributed by atoms with Gasteiger partial charge in [-0.3, -0.25) is 4.79 Å². The van der Waals surface area contributed by atoms with Crippen LogP contribution in [0.15, 0.2) is 18.2 Å². The molecule has 1 aliphatic rings. The first-order valence-electron chi connectivity index (χ1n) is 6.90. The molecule has 19 heavy (non-hydrogen) atoms. The zero-order valence-corrected chi connectivity index (χ0v) is 12.2. The number of aryl methyl sites for hydroxylation is 1. The third-order valence-corrected chi connectivity index (χ3v) is 3.78. The van der Waals surface area contributed by atoms with E-state index in [-0.39, 0.29) is 23.1 Å². The Labute approximate surface area is 114 Å². The van der Waals surface area contributed by atoms with Gasteiger partial charge in [-0.25, -0.2) is 4.39 Å². The van der Waals surface area contributed by atoms with Crippen molar-refractivity contribution < 1.29 is 9.18 Å². The van der Waals surface area contributed by atoms with E-state index >= 15 is 0 Å². The second-order valence-corrected chi connectivity index (χ2v) is 6.36. The number of carbonyl (C=O) groups excluding carboxylic acids is 1. The van der Waals surface area contributed by atoms with Crippen molar-refractivity contribution >= 4 is 11.5 Å². The average molecular weight is 263 g/mol. The molecule has 1 aromatic carbocycles. The van der Waals surface area contributed by atoms with Crippen molar-refractivity contribution in [3.05, 3.63) is 29.6 Å². The minimum Gasteiger partial charge on any atom is -0.362 e. The first kappa shape index (κ1) is 14.0. The van der Waals surface area contributed by atoms with Crippen LogP contribution in [-0.2, 0) is 11.2 Å². The van der Waals surface area contributed by atoms with Gasteiger partial charge in [0.2, 0.25) is 0 Å². The van der Waals surface area contributed by atoms with E-state index < -0.39 is 0 Å². The molecule has 0 bridgehead atoms. The van der Waals surface area contributed by atoms with Gasteiger partial charge in [0, 0.05) is 17.6 Å². The molecule has 1 aliphatic heterocycles. The molecule has 1 unspecified atom stereocenters. The Hall–Kier alpha value is -1.38. The number of hydrogen-bond donors (Lipinski definition) is 0. The number of ketones is 1. The molecule has 0 saturated heterocycles. The second kappa shape index (κ2) is 4.95. The van der Waals surface area contributed by atoms with Gasteiger partial charge in [0.1, 0.15) is 5.82 Å². The van der Waals surface area contributed by atoms with E-state index in [2.05, 4.69) is 4.90 Å². The average Bonchev–Trinajstić information content (AvgIpc) is 2.34. The van der Waals surface area contributed by atoms with Gasteiger partial charge in [-0.1, -0.05) is 20.8 Å². The molecule has 1 aromatic rings. The maximum Gasteiger partial charge on any atom is 0.160 e. The lowest BCUT2D eigenvalue weighted by Gasteiger charge is -2.37. The molecular weight excluding hydrogens is 241 g/mol. The predicted octanol–water partition coefficient (Wildman–Crippen LogP) is 3.58. The molecule has 0 N–H and O–H groups in total. The fourth-order valence-corrected chi connectivity index (χ4v) is 2.77. The van der Waals surface area contributed by atoms with Crippen LogP contribution in [0.3, 0.4) is 0 Å². The predicted molar refractivity (Wildman–Crippen MR) is 76.0 cm³/mol. The number of benzene rings is 1. The molecular formula is C16H22FNO. The van der Waals surface area contributed by atoms with Crippen LogP contribution in [0.25, 0.3) is 0 Å². The van der Waals surface area contributed by atoms with Crippen LogP contribution in [0.1, 0.15) is 39.7 Å². The van der Waals surface area contributed by atoms with Crippen LogP contribution in [0.2, 0.25) is 0 Å². The molecule has 2 nitrogen and oxygen atoms in total. The molecule has 2 rings (SSSR count). The van der Waals surface area contributed by atoms with Crippen LogP contribution in [-0.4, -0.2) is 18.4 Å². The zero-order valence-electron chi connectivity index (χ0n) is 12.2. The van der Waals surface area contributed by atoms with Crippen LogP contribution in [0.5, 0.6) is 0 Å². The van der Waals surface area contributed by atoms with E-state index in [1.165, 1.54) is 6.07 Å².